The third-order valence-electron chi connectivity index (χ3n) is 2.41. The van der Waals surface area contributed by atoms with Gasteiger partial charge in [-0.1, -0.05) is 23.1 Å². The molecule has 0 atom stereocenters. The second kappa shape index (κ2) is 3.06. The Morgan fingerprint density at radius 2 is 1.81 bits per heavy atom. The van der Waals surface area contributed by atoms with Gasteiger partial charge in [-0.15, -0.1) is 10.2 Å². The molecule has 0 aliphatic heterocycles. The van der Waals surface area contributed by atoms with Crippen molar-refractivity contribution in [3.8, 4) is 5.69 Å². The van der Waals surface area contributed by atoms with Gasteiger partial charge < -0.3 is 5.84 Å². The maximum atomic E-state index is 5.50. The molecule has 0 radical (unpaired) electrons. The average molecular weight is 214 g/mol. The number of fused-ring (bicyclic) bond motifs is 1. The summed E-state index contributed by atoms with van der Waals surface area (Å²) in [6.07, 6.45) is 0. The largest absolute Gasteiger partial charge is 0.306 e. The molecule has 0 fully saturated rings. The van der Waals surface area contributed by atoms with Gasteiger partial charge >= 0.3 is 0 Å². The van der Waals surface area contributed by atoms with Crippen LogP contribution >= 0.6 is 0 Å². The number of aromatic nitrogens is 5. The van der Waals surface area contributed by atoms with Gasteiger partial charge in [0.2, 0.25) is 5.65 Å². The molecule has 0 spiro atoms. The molecule has 3 rings (SSSR count). The van der Waals surface area contributed by atoms with Crippen LogP contribution in [0, 0.1) is 6.92 Å². The Hall–Kier alpha value is -2.37. The molecule has 0 amide bonds. The van der Waals surface area contributed by atoms with Crippen molar-refractivity contribution in [1.29, 1.82) is 0 Å². The molecule has 0 unspecified atom stereocenters. The van der Waals surface area contributed by atoms with E-state index in [0.717, 1.165) is 21.8 Å². The molecule has 0 bridgehead atoms. The fraction of sp³-hybridized carbons (Fsp3) is 0.100. The Bertz CT molecular complexity index is 636. The molecule has 2 heterocycles. The molecule has 1 aromatic carbocycles. The number of aryl methyl sites for hydroxylation is 1. The zero-order valence-electron chi connectivity index (χ0n) is 8.70. The Kier molecular flexibility index (Phi) is 1.70. The van der Waals surface area contributed by atoms with E-state index in [1.54, 1.807) is 4.68 Å². The lowest BCUT2D eigenvalue weighted by Crippen LogP contribution is -2.12. The van der Waals surface area contributed by atoms with Crippen molar-refractivity contribution < 1.29 is 0 Å². The minimum atomic E-state index is 0.672. The van der Waals surface area contributed by atoms with Gasteiger partial charge in [0, 0.05) is 0 Å². The van der Waals surface area contributed by atoms with E-state index >= 15 is 0 Å². The van der Waals surface area contributed by atoms with Crippen LogP contribution in [0.5, 0.6) is 0 Å². The number of benzene rings is 1. The fourth-order valence-electron chi connectivity index (χ4n) is 1.68. The number of nitrogen functional groups attached to an aromatic ring is 1. The summed E-state index contributed by atoms with van der Waals surface area (Å²) in [5.41, 5.74) is 3.16. The quantitative estimate of drug-likeness (QED) is 0.603. The van der Waals surface area contributed by atoms with E-state index in [9.17, 15) is 0 Å². The highest BCUT2D eigenvalue weighted by molar-refractivity contribution is 5.74. The van der Waals surface area contributed by atoms with Crippen LogP contribution in [0.2, 0.25) is 0 Å². The second-order valence-electron chi connectivity index (χ2n) is 3.53. The van der Waals surface area contributed by atoms with Gasteiger partial charge in [0.15, 0.2) is 5.52 Å². The summed E-state index contributed by atoms with van der Waals surface area (Å²) in [6, 6.07) is 9.77. The SMILES string of the molecule is Cc1nn(-c2ccccc2)c2nn(N)nc12. The summed E-state index contributed by atoms with van der Waals surface area (Å²) < 4.78 is 1.74. The van der Waals surface area contributed by atoms with E-state index in [2.05, 4.69) is 15.3 Å². The maximum absolute atomic E-state index is 5.50. The van der Waals surface area contributed by atoms with Crippen LogP contribution in [0.4, 0.5) is 0 Å². The zero-order chi connectivity index (χ0) is 11.1. The minimum absolute atomic E-state index is 0.672. The van der Waals surface area contributed by atoms with Gasteiger partial charge in [0.1, 0.15) is 0 Å². The lowest BCUT2D eigenvalue weighted by atomic mass is 10.3. The summed E-state index contributed by atoms with van der Waals surface area (Å²) >= 11 is 0. The van der Waals surface area contributed by atoms with Crippen molar-refractivity contribution in [2.24, 2.45) is 0 Å². The topological polar surface area (TPSA) is 74.5 Å². The van der Waals surface area contributed by atoms with Gasteiger partial charge in [0.25, 0.3) is 0 Å². The van der Waals surface area contributed by atoms with Crippen LogP contribution in [-0.2, 0) is 0 Å². The standard InChI is InChI=1S/C10H10N6/c1-7-9-10(14-16(11)13-9)15(12-7)8-5-3-2-4-6-8/h2-6H,11H2,1H3. The molecule has 6 nitrogen and oxygen atoms in total. The van der Waals surface area contributed by atoms with Crippen LogP contribution in [0.25, 0.3) is 16.9 Å². The number of nitrogens with two attached hydrogens (primary N) is 1. The Balaban J connectivity index is 2.32. The highest BCUT2D eigenvalue weighted by Crippen LogP contribution is 2.17. The third kappa shape index (κ3) is 1.16. The molecule has 0 aliphatic rings. The molecule has 0 aliphatic carbocycles. The average Bonchev–Trinajstić information content (AvgIpc) is 2.80. The fourth-order valence-corrected chi connectivity index (χ4v) is 1.68. The van der Waals surface area contributed by atoms with Crippen molar-refractivity contribution in [3.05, 3.63) is 36.0 Å². The van der Waals surface area contributed by atoms with Crippen LogP contribution in [0.3, 0.4) is 0 Å². The van der Waals surface area contributed by atoms with Gasteiger partial charge in [-0.2, -0.15) is 5.10 Å². The normalized spacial score (nSPS) is 11.1. The summed E-state index contributed by atoms with van der Waals surface area (Å²) in [6.45, 7) is 1.89. The van der Waals surface area contributed by atoms with Crippen molar-refractivity contribution in [1.82, 2.24) is 24.9 Å². The molecule has 0 saturated heterocycles. The van der Waals surface area contributed by atoms with Gasteiger partial charge in [-0.25, -0.2) is 4.68 Å². The molecule has 3 aromatic rings. The summed E-state index contributed by atoms with van der Waals surface area (Å²) in [4.78, 5) is 1.07. The summed E-state index contributed by atoms with van der Waals surface area (Å²) in [5.74, 6) is 5.50. The predicted octanol–water partition coefficient (Wildman–Crippen LogP) is 0.639. The number of hydrogen-bond donors (Lipinski definition) is 1. The van der Waals surface area contributed by atoms with Crippen LogP contribution in [0.15, 0.2) is 30.3 Å². The third-order valence-corrected chi connectivity index (χ3v) is 2.41. The van der Waals surface area contributed by atoms with E-state index in [1.807, 2.05) is 37.3 Å². The van der Waals surface area contributed by atoms with Crippen molar-refractivity contribution >= 4 is 11.2 Å². The number of nitrogens with zero attached hydrogens (tertiary/aromatic N) is 5. The van der Waals surface area contributed by atoms with Crippen LogP contribution in [0.1, 0.15) is 5.69 Å². The molecule has 2 N–H and O–H groups in total. The lowest BCUT2D eigenvalue weighted by Gasteiger charge is -1.99. The van der Waals surface area contributed by atoms with Crippen molar-refractivity contribution in [3.63, 3.8) is 0 Å². The van der Waals surface area contributed by atoms with E-state index in [-0.39, 0.29) is 0 Å². The molecular formula is C10H10N6. The molecule has 6 heteroatoms. The van der Waals surface area contributed by atoms with Crippen LogP contribution in [-0.4, -0.2) is 24.9 Å². The Morgan fingerprint density at radius 3 is 2.56 bits per heavy atom. The first-order chi connectivity index (χ1) is 7.75. The monoisotopic (exact) mass is 214 g/mol. The maximum Gasteiger partial charge on any atom is 0.207 e. The molecule has 0 saturated carbocycles. The molecule has 16 heavy (non-hydrogen) atoms. The first-order valence-corrected chi connectivity index (χ1v) is 4.89. The van der Waals surface area contributed by atoms with E-state index in [1.165, 1.54) is 0 Å². The first kappa shape index (κ1) is 8.90. The van der Waals surface area contributed by atoms with Crippen molar-refractivity contribution in [2.75, 3.05) is 5.84 Å². The zero-order valence-corrected chi connectivity index (χ0v) is 8.70. The highest BCUT2D eigenvalue weighted by Gasteiger charge is 2.13. The Morgan fingerprint density at radius 1 is 1.06 bits per heavy atom. The van der Waals surface area contributed by atoms with Gasteiger partial charge in [-0.05, 0) is 19.1 Å². The smallest absolute Gasteiger partial charge is 0.207 e. The summed E-state index contributed by atoms with van der Waals surface area (Å²) in [7, 11) is 0. The second-order valence-corrected chi connectivity index (χ2v) is 3.53. The Labute approximate surface area is 91.2 Å². The van der Waals surface area contributed by atoms with Gasteiger partial charge in [0.05, 0.1) is 11.4 Å². The number of rotatable bonds is 1. The number of para-hydroxylation sites is 1. The first-order valence-electron chi connectivity index (χ1n) is 4.89. The summed E-state index contributed by atoms with van der Waals surface area (Å²) in [5, 5.41) is 12.5. The van der Waals surface area contributed by atoms with Crippen LogP contribution < -0.4 is 5.84 Å². The van der Waals surface area contributed by atoms with E-state index in [4.69, 9.17) is 5.84 Å². The number of hydrogen-bond acceptors (Lipinski definition) is 4. The molecule has 80 valence electrons. The predicted molar refractivity (Wildman–Crippen MR) is 59.5 cm³/mol. The van der Waals surface area contributed by atoms with Gasteiger partial charge in [-0.3, -0.25) is 0 Å². The highest BCUT2D eigenvalue weighted by atomic mass is 15.6. The molecular weight excluding hydrogens is 204 g/mol. The van der Waals surface area contributed by atoms with E-state index < -0.39 is 0 Å². The van der Waals surface area contributed by atoms with Crippen molar-refractivity contribution in [2.45, 2.75) is 6.92 Å². The minimum Gasteiger partial charge on any atom is -0.306 e. The lowest BCUT2D eigenvalue weighted by molar-refractivity contribution is 0.704. The van der Waals surface area contributed by atoms with E-state index in [0.29, 0.717) is 5.65 Å². The molecule has 2 aromatic heterocycles.